The average Bonchev–Trinajstić information content (AvgIpc) is 3.25. The van der Waals surface area contributed by atoms with Crippen molar-refractivity contribution in [3.8, 4) is 0 Å². The van der Waals surface area contributed by atoms with Gasteiger partial charge in [-0.3, -0.25) is 9.59 Å². The molecule has 2 aliphatic rings. The van der Waals surface area contributed by atoms with Crippen LogP contribution in [0, 0.1) is 11.7 Å². The number of nitrogens with zero attached hydrogens (tertiary/aromatic N) is 3. The Morgan fingerprint density at radius 2 is 2.00 bits per heavy atom. The lowest BCUT2D eigenvalue weighted by Gasteiger charge is -2.28. The Hall–Kier alpha value is -3.00. The van der Waals surface area contributed by atoms with Crippen molar-refractivity contribution in [1.29, 1.82) is 0 Å². The molecule has 162 valence electrons. The van der Waals surface area contributed by atoms with Gasteiger partial charge < -0.3 is 16.0 Å². The topological polar surface area (TPSA) is 101 Å². The Morgan fingerprint density at radius 3 is 2.74 bits per heavy atom. The molecule has 2 heterocycles. The molecule has 1 aromatic carbocycles. The van der Waals surface area contributed by atoms with E-state index in [0.717, 1.165) is 24.8 Å². The minimum atomic E-state index is -0.385. The molecular formula is C22H23ClFN5O2. The fraction of sp³-hybridized carbons (Fsp3) is 0.364. The van der Waals surface area contributed by atoms with Crippen LogP contribution in [0.1, 0.15) is 41.7 Å². The molecule has 2 amide bonds. The summed E-state index contributed by atoms with van der Waals surface area (Å²) in [5, 5.41) is 3.68. The van der Waals surface area contributed by atoms with Crippen LogP contribution in [0.5, 0.6) is 0 Å². The summed E-state index contributed by atoms with van der Waals surface area (Å²) < 4.78 is 13.1. The zero-order chi connectivity index (χ0) is 22.0. The van der Waals surface area contributed by atoms with Gasteiger partial charge in [0.2, 0.25) is 11.9 Å². The van der Waals surface area contributed by atoms with Crippen LogP contribution in [0.4, 0.5) is 10.3 Å². The van der Waals surface area contributed by atoms with E-state index in [1.165, 1.54) is 30.5 Å². The summed E-state index contributed by atoms with van der Waals surface area (Å²) in [6.07, 6.45) is 6.73. The van der Waals surface area contributed by atoms with Crippen molar-refractivity contribution < 1.29 is 14.0 Å². The number of nitrogens with one attached hydrogen (secondary N) is 1. The summed E-state index contributed by atoms with van der Waals surface area (Å²) in [7, 11) is 0. The zero-order valence-corrected chi connectivity index (χ0v) is 17.6. The molecule has 0 radical (unpaired) electrons. The molecule has 1 aliphatic heterocycles. The number of hydrogen-bond acceptors (Lipinski definition) is 5. The second-order valence-corrected chi connectivity index (χ2v) is 8.33. The van der Waals surface area contributed by atoms with Gasteiger partial charge in [0, 0.05) is 30.6 Å². The maximum atomic E-state index is 13.1. The largest absolute Gasteiger partial charge is 0.369 e. The number of nitrogens with two attached hydrogens (primary N) is 1. The van der Waals surface area contributed by atoms with E-state index < -0.39 is 0 Å². The van der Waals surface area contributed by atoms with Crippen molar-refractivity contribution in [2.45, 2.75) is 31.7 Å². The highest BCUT2D eigenvalue weighted by Gasteiger charge is 2.27. The van der Waals surface area contributed by atoms with E-state index in [4.69, 9.17) is 17.3 Å². The van der Waals surface area contributed by atoms with Crippen LogP contribution >= 0.6 is 11.6 Å². The van der Waals surface area contributed by atoms with E-state index in [2.05, 4.69) is 15.3 Å². The summed E-state index contributed by atoms with van der Waals surface area (Å²) in [5.74, 6) is -0.550. The van der Waals surface area contributed by atoms with E-state index in [0.29, 0.717) is 41.7 Å². The van der Waals surface area contributed by atoms with Crippen molar-refractivity contribution in [3.63, 3.8) is 0 Å². The van der Waals surface area contributed by atoms with Crippen molar-refractivity contribution in [1.82, 2.24) is 14.9 Å². The Kier molecular flexibility index (Phi) is 6.18. The van der Waals surface area contributed by atoms with Gasteiger partial charge in [-0.2, -0.15) is 0 Å². The predicted octanol–water partition coefficient (Wildman–Crippen LogP) is 3.26. The lowest BCUT2D eigenvalue weighted by Crippen LogP contribution is -2.34. The smallest absolute Gasteiger partial charge is 0.254 e. The number of carbonyl (C=O) groups is 2. The highest BCUT2D eigenvalue weighted by atomic mass is 35.5. The van der Waals surface area contributed by atoms with Crippen molar-refractivity contribution in [2.75, 3.05) is 18.4 Å². The van der Waals surface area contributed by atoms with Crippen LogP contribution in [0.15, 0.2) is 36.5 Å². The fourth-order valence-corrected chi connectivity index (χ4v) is 4.29. The molecule has 0 bridgehead atoms. The number of anilines is 1. The maximum absolute atomic E-state index is 13.1. The quantitative estimate of drug-likeness (QED) is 0.738. The molecule has 1 saturated carbocycles. The molecule has 0 saturated heterocycles. The monoisotopic (exact) mass is 443 g/mol. The average molecular weight is 444 g/mol. The van der Waals surface area contributed by atoms with Gasteiger partial charge in [0.1, 0.15) is 5.82 Å². The van der Waals surface area contributed by atoms with Crippen LogP contribution in [-0.2, 0) is 4.79 Å². The van der Waals surface area contributed by atoms with Crippen LogP contribution in [0.2, 0.25) is 5.02 Å². The van der Waals surface area contributed by atoms with Gasteiger partial charge in [-0.15, -0.1) is 0 Å². The number of halogens is 2. The Labute approximate surface area is 184 Å². The van der Waals surface area contributed by atoms with E-state index in [9.17, 15) is 14.0 Å². The minimum Gasteiger partial charge on any atom is -0.369 e. The third-order valence-corrected chi connectivity index (χ3v) is 6.03. The third kappa shape index (κ3) is 4.85. The van der Waals surface area contributed by atoms with Gasteiger partial charge in [-0.05, 0) is 49.1 Å². The van der Waals surface area contributed by atoms with Crippen LogP contribution in [0.25, 0.3) is 5.57 Å². The number of primary amides is 1. The fourth-order valence-electron chi connectivity index (χ4n) is 4.08. The van der Waals surface area contributed by atoms with Crippen LogP contribution < -0.4 is 11.1 Å². The molecule has 2 aromatic rings. The van der Waals surface area contributed by atoms with E-state index in [-0.39, 0.29) is 29.6 Å². The van der Waals surface area contributed by atoms with Gasteiger partial charge in [0.15, 0.2) is 0 Å². The van der Waals surface area contributed by atoms with E-state index in [1.807, 2.05) is 6.08 Å². The SMILES string of the molecule is NC(=O)C1CCCC(Nc2ncc(Cl)c(C3=CCN(C(=O)c4ccc(F)cc4)C3)n2)C1. The highest BCUT2D eigenvalue weighted by molar-refractivity contribution is 6.32. The standard InChI is InChI=1S/C22H23ClFN5O2/c23-18-11-26-22(27-17-3-1-2-14(10-17)20(25)30)28-19(18)15-8-9-29(12-15)21(31)13-4-6-16(24)7-5-13/h4-8,11,14,17H,1-3,9-10,12H2,(H2,25,30)(H,26,27,28). The van der Waals surface area contributed by atoms with Crippen molar-refractivity contribution in [3.05, 3.63) is 58.6 Å². The van der Waals surface area contributed by atoms with Gasteiger partial charge in [-0.25, -0.2) is 14.4 Å². The molecule has 9 heteroatoms. The lowest BCUT2D eigenvalue weighted by molar-refractivity contribution is -0.122. The van der Waals surface area contributed by atoms with E-state index in [1.54, 1.807) is 4.90 Å². The second kappa shape index (κ2) is 9.01. The molecule has 31 heavy (non-hydrogen) atoms. The number of benzene rings is 1. The molecule has 4 rings (SSSR count). The second-order valence-electron chi connectivity index (χ2n) is 7.92. The first-order chi connectivity index (χ1) is 14.9. The molecule has 7 nitrogen and oxygen atoms in total. The normalized spacial score (nSPS) is 21.0. The third-order valence-electron chi connectivity index (χ3n) is 5.76. The Bertz CT molecular complexity index is 1030. The summed E-state index contributed by atoms with van der Waals surface area (Å²) in [6.45, 7) is 0.761. The van der Waals surface area contributed by atoms with Gasteiger partial charge >= 0.3 is 0 Å². The summed E-state index contributed by atoms with van der Waals surface area (Å²) in [5.41, 5.74) is 7.28. The van der Waals surface area contributed by atoms with Crippen molar-refractivity contribution >= 4 is 34.9 Å². The zero-order valence-electron chi connectivity index (χ0n) is 16.9. The van der Waals surface area contributed by atoms with Crippen LogP contribution in [0.3, 0.4) is 0 Å². The number of hydrogen-bond donors (Lipinski definition) is 2. The first-order valence-electron chi connectivity index (χ1n) is 10.2. The Balaban J connectivity index is 1.44. The minimum absolute atomic E-state index is 0.0642. The summed E-state index contributed by atoms with van der Waals surface area (Å²) >= 11 is 6.35. The first kappa shape index (κ1) is 21.2. The molecule has 2 unspecified atom stereocenters. The highest BCUT2D eigenvalue weighted by Crippen LogP contribution is 2.29. The molecule has 3 N–H and O–H groups in total. The van der Waals surface area contributed by atoms with Gasteiger partial charge in [-0.1, -0.05) is 24.1 Å². The molecular weight excluding hydrogens is 421 g/mol. The van der Waals surface area contributed by atoms with E-state index >= 15 is 0 Å². The van der Waals surface area contributed by atoms with Gasteiger partial charge in [0.25, 0.3) is 5.91 Å². The predicted molar refractivity (Wildman–Crippen MR) is 116 cm³/mol. The lowest BCUT2D eigenvalue weighted by atomic mass is 9.85. The molecule has 1 aliphatic carbocycles. The van der Waals surface area contributed by atoms with Crippen molar-refractivity contribution in [2.24, 2.45) is 11.7 Å². The number of amides is 2. The molecule has 2 atom stereocenters. The van der Waals surface area contributed by atoms with Crippen LogP contribution in [-0.4, -0.2) is 45.8 Å². The number of rotatable bonds is 5. The number of aromatic nitrogens is 2. The maximum Gasteiger partial charge on any atom is 0.254 e. The summed E-state index contributed by atoms with van der Waals surface area (Å²) in [6, 6.07) is 5.54. The van der Waals surface area contributed by atoms with Gasteiger partial charge in [0.05, 0.1) is 16.9 Å². The summed E-state index contributed by atoms with van der Waals surface area (Å²) in [4.78, 5) is 34.7. The molecule has 1 fully saturated rings. The number of carbonyl (C=O) groups excluding carboxylic acids is 2. The molecule has 1 aromatic heterocycles. The Morgan fingerprint density at radius 1 is 1.23 bits per heavy atom. The molecule has 0 spiro atoms. The first-order valence-corrected chi connectivity index (χ1v) is 10.6.